The van der Waals surface area contributed by atoms with Gasteiger partial charge >= 0.3 is 0 Å². The molecule has 0 unspecified atom stereocenters. The molecule has 0 fully saturated rings. The van der Waals surface area contributed by atoms with Gasteiger partial charge in [0.2, 0.25) is 0 Å². The fraction of sp³-hybridized carbons (Fsp3) is 0.111. The first-order valence-corrected chi connectivity index (χ1v) is 12.1. The van der Waals surface area contributed by atoms with Gasteiger partial charge < -0.3 is 5.32 Å². The van der Waals surface area contributed by atoms with Gasteiger partial charge in [0.05, 0.1) is 6.54 Å². The molecule has 3 aromatic heterocycles. The molecule has 0 bridgehead atoms. The summed E-state index contributed by atoms with van der Waals surface area (Å²) < 4.78 is 15.4. The van der Waals surface area contributed by atoms with E-state index >= 15 is 0 Å². The van der Waals surface area contributed by atoms with Gasteiger partial charge in [0.25, 0.3) is 5.91 Å². The molecule has 0 saturated carbocycles. The molecule has 1 N–H and O–H groups in total. The van der Waals surface area contributed by atoms with Crippen LogP contribution < -0.4 is 5.32 Å². The van der Waals surface area contributed by atoms with Gasteiger partial charge in [-0.15, -0.1) is 0 Å². The molecule has 0 atom stereocenters. The normalized spacial score (nSPS) is 11.0. The van der Waals surface area contributed by atoms with Gasteiger partial charge in [-0.3, -0.25) is 14.3 Å². The van der Waals surface area contributed by atoms with Crippen LogP contribution in [0.3, 0.4) is 0 Å². The smallest absolute Gasteiger partial charge is 0.251 e. The van der Waals surface area contributed by atoms with Crippen molar-refractivity contribution < 1.29 is 9.18 Å². The summed E-state index contributed by atoms with van der Waals surface area (Å²) >= 11 is 1.60. The average Bonchev–Trinajstić information content (AvgIpc) is 3.25. The van der Waals surface area contributed by atoms with Crippen molar-refractivity contribution in [1.29, 1.82) is 0 Å². The van der Waals surface area contributed by atoms with E-state index in [0.717, 1.165) is 33.0 Å². The van der Waals surface area contributed by atoms with Crippen LogP contribution in [0.25, 0.3) is 11.2 Å². The molecule has 0 radical (unpaired) electrons. The highest BCUT2D eigenvalue weighted by molar-refractivity contribution is 7.98. The highest BCUT2D eigenvalue weighted by atomic mass is 32.2. The van der Waals surface area contributed by atoms with E-state index in [1.165, 1.54) is 12.1 Å². The Morgan fingerprint density at radius 3 is 2.46 bits per heavy atom. The van der Waals surface area contributed by atoms with E-state index < -0.39 is 0 Å². The molecule has 1 amide bonds. The van der Waals surface area contributed by atoms with Crippen LogP contribution in [0.15, 0.2) is 96.5 Å². The molecule has 5 aromatic rings. The van der Waals surface area contributed by atoms with Crippen molar-refractivity contribution in [2.24, 2.45) is 0 Å². The molecule has 174 valence electrons. The molecule has 0 saturated heterocycles. The molecule has 0 spiro atoms. The fourth-order valence-electron chi connectivity index (χ4n) is 3.65. The number of carbonyl (C=O) groups excluding carboxylic acids is 1. The molecule has 0 aliphatic rings. The predicted octanol–water partition coefficient (Wildman–Crippen LogP) is 5.24. The maximum atomic E-state index is 13.3. The Morgan fingerprint density at radius 2 is 1.69 bits per heavy atom. The first-order valence-electron chi connectivity index (χ1n) is 11.1. The van der Waals surface area contributed by atoms with E-state index in [-0.39, 0.29) is 11.7 Å². The summed E-state index contributed by atoms with van der Waals surface area (Å²) in [5.41, 5.74) is 5.21. The number of imidazole rings is 1. The number of rotatable bonds is 8. The minimum absolute atomic E-state index is 0.125. The maximum Gasteiger partial charge on any atom is 0.251 e. The van der Waals surface area contributed by atoms with Gasteiger partial charge in [0.1, 0.15) is 11.3 Å². The Morgan fingerprint density at radius 1 is 0.914 bits per heavy atom. The van der Waals surface area contributed by atoms with Crippen LogP contribution in [0.2, 0.25) is 0 Å². The number of nitrogens with zero attached hydrogens (tertiary/aromatic N) is 4. The van der Waals surface area contributed by atoms with Crippen molar-refractivity contribution in [2.45, 2.75) is 24.0 Å². The lowest BCUT2D eigenvalue weighted by Crippen LogP contribution is -2.22. The van der Waals surface area contributed by atoms with Gasteiger partial charge in [0.15, 0.2) is 10.8 Å². The largest absolute Gasteiger partial charge is 0.348 e. The van der Waals surface area contributed by atoms with Crippen molar-refractivity contribution in [3.63, 3.8) is 0 Å². The minimum Gasteiger partial charge on any atom is -0.348 e. The van der Waals surface area contributed by atoms with E-state index in [4.69, 9.17) is 4.98 Å². The Bertz CT molecular complexity index is 1440. The van der Waals surface area contributed by atoms with Crippen molar-refractivity contribution in [3.8, 4) is 0 Å². The molecule has 35 heavy (non-hydrogen) atoms. The second-order valence-corrected chi connectivity index (χ2v) is 8.93. The summed E-state index contributed by atoms with van der Waals surface area (Å²) in [7, 11) is 0. The zero-order chi connectivity index (χ0) is 24.0. The van der Waals surface area contributed by atoms with Gasteiger partial charge in [-0.2, -0.15) is 0 Å². The standard InChI is InChI=1S/C27H22FN5OS/c28-23-11-7-19(8-12-23)17-33-25-24(4-2-14-30-25)32-27(33)35-18-20-5-9-22(10-6-20)26(34)31-16-21-3-1-13-29-15-21/h1-15H,16-18H2,(H,31,34). The summed E-state index contributed by atoms with van der Waals surface area (Å²) in [5, 5.41) is 3.75. The lowest BCUT2D eigenvalue weighted by atomic mass is 10.1. The van der Waals surface area contributed by atoms with Crippen molar-refractivity contribution in [1.82, 2.24) is 24.8 Å². The first-order chi connectivity index (χ1) is 17.2. The fourth-order valence-corrected chi connectivity index (χ4v) is 4.61. The number of hydrogen-bond donors (Lipinski definition) is 1. The molecule has 5 rings (SSSR count). The third-order valence-corrected chi connectivity index (χ3v) is 6.53. The predicted molar refractivity (Wildman–Crippen MR) is 134 cm³/mol. The number of hydrogen-bond acceptors (Lipinski definition) is 5. The quantitative estimate of drug-likeness (QED) is 0.306. The topological polar surface area (TPSA) is 72.7 Å². The number of carbonyl (C=O) groups is 1. The molecular weight excluding hydrogens is 461 g/mol. The van der Waals surface area contributed by atoms with Gasteiger partial charge in [-0.25, -0.2) is 14.4 Å². The molecule has 6 nitrogen and oxygen atoms in total. The van der Waals surface area contributed by atoms with Crippen LogP contribution in [0.4, 0.5) is 4.39 Å². The molecule has 0 aliphatic heterocycles. The monoisotopic (exact) mass is 483 g/mol. The number of aromatic nitrogens is 4. The summed E-state index contributed by atoms with van der Waals surface area (Å²) in [6.07, 6.45) is 5.19. The second-order valence-electron chi connectivity index (χ2n) is 7.98. The van der Waals surface area contributed by atoms with Crippen molar-refractivity contribution in [2.75, 3.05) is 0 Å². The Hall–Kier alpha value is -4.04. The zero-order valence-electron chi connectivity index (χ0n) is 18.8. The molecule has 8 heteroatoms. The van der Waals surface area contributed by atoms with E-state index in [2.05, 4.69) is 15.3 Å². The van der Waals surface area contributed by atoms with Crippen LogP contribution in [0.1, 0.15) is 27.0 Å². The Kier molecular flexibility index (Phi) is 6.81. The van der Waals surface area contributed by atoms with E-state index in [9.17, 15) is 9.18 Å². The average molecular weight is 484 g/mol. The summed E-state index contributed by atoms with van der Waals surface area (Å²) in [6.45, 7) is 0.981. The lowest BCUT2D eigenvalue weighted by Gasteiger charge is -2.09. The summed E-state index contributed by atoms with van der Waals surface area (Å²) in [6, 6.07) is 21.6. The van der Waals surface area contributed by atoms with Crippen LogP contribution in [-0.4, -0.2) is 25.4 Å². The van der Waals surface area contributed by atoms with Crippen molar-refractivity contribution >= 4 is 28.8 Å². The summed E-state index contributed by atoms with van der Waals surface area (Å²) in [4.78, 5) is 25.8. The molecule has 0 aliphatic carbocycles. The Labute approximate surface area is 206 Å². The molecule has 2 aromatic carbocycles. The van der Waals surface area contributed by atoms with Crippen LogP contribution >= 0.6 is 11.8 Å². The zero-order valence-corrected chi connectivity index (χ0v) is 19.6. The van der Waals surface area contributed by atoms with Gasteiger partial charge in [0, 0.05) is 36.5 Å². The number of pyridine rings is 2. The third kappa shape index (κ3) is 5.55. The maximum absolute atomic E-state index is 13.3. The second kappa shape index (κ2) is 10.5. The SMILES string of the molecule is O=C(NCc1cccnc1)c1ccc(CSc2nc3cccnc3n2Cc2ccc(F)cc2)cc1. The first kappa shape index (κ1) is 22.7. The number of halogens is 1. The summed E-state index contributed by atoms with van der Waals surface area (Å²) in [5.74, 6) is 0.302. The van der Waals surface area contributed by atoms with Crippen LogP contribution in [-0.2, 0) is 18.8 Å². The highest BCUT2D eigenvalue weighted by Crippen LogP contribution is 2.27. The van der Waals surface area contributed by atoms with E-state index in [0.29, 0.717) is 24.4 Å². The minimum atomic E-state index is -0.258. The van der Waals surface area contributed by atoms with Gasteiger partial charge in [-0.1, -0.05) is 42.1 Å². The molecule has 3 heterocycles. The number of fused-ring (bicyclic) bond motifs is 1. The van der Waals surface area contributed by atoms with Crippen LogP contribution in [0.5, 0.6) is 0 Å². The van der Waals surface area contributed by atoms with E-state index in [1.807, 2.05) is 53.1 Å². The molecular formula is C27H22FN5OS. The van der Waals surface area contributed by atoms with E-state index in [1.54, 1.807) is 42.5 Å². The number of thioether (sulfide) groups is 1. The number of benzene rings is 2. The highest BCUT2D eigenvalue weighted by Gasteiger charge is 2.13. The lowest BCUT2D eigenvalue weighted by molar-refractivity contribution is 0.0951. The third-order valence-electron chi connectivity index (χ3n) is 5.48. The van der Waals surface area contributed by atoms with Crippen LogP contribution in [0, 0.1) is 5.82 Å². The number of amides is 1. The Balaban J connectivity index is 1.27. The number of nitrogens with one attached hydrogen (secondary N) is 1. The van der Waals surface area contributed by atoms with Crippen molar-refractivity contribution in [3.05, 3.63) is 119 Å². The van der Waals surface area contributed by atoms with Gasteiger partial charge in [-0.05, 0) is 59.2 Å².